The lowest BCUT2D eigenvalue weighted by Gasteiger charge is -2.22. The van der Waals surface area contributed by atoms with E-state index < -0.39 is 10.0 Å². The Hall–Kier alpha value is -1.60. The number of nitrogens with zero attached hydrogens (tertiary/aromatic N) is 2. The molecule has 0 saturated heterocycles. The molecule has 7 heteroatoms. The molecule has 0 radical (unpaired) electrons. The average molecular weight is 340 g/mol. The third kappa shape index (κ3) is 7.47. The average Bonchev–Trinajstić information content (AvgIpc) is 2.53. The minimum Gasteiger partial charge on any atom is -0.356 e. The topological polar surface area (TPSA) is 73.8 Å². The first kappa shape index (κ1) is 19.4. The van der Waals surface area contributed by atoms with E-state index in [2.05, 4.69) is 46.2 Å². The Morgan fingerprint density at radius 1 is 1.22 bits per heavy atom. The Morgan fingerprint density at radius 2 is 1.87 bits per heavy atom. The first-order valence-corrected chi connectivity index (χ1v) is 9.48. The molecule has 0 aliphatic heterocycles. The van der Waals surface area contributed by atoms with Crippen LogP contribution in [0.3, 0.4) is 0 Å². The van der Waals surface area contributed by atoms with Crippen molar-refractivity contribution in [2.24, 2.45) is 4.99 Å². The molecule has 0 saturated carbocycles. The van der Waals surface area contributed by atoms with Gasteiger partial charge in [0.15, 0.2) is 5.96 Å². The molecule has 0 atom stereocenters. The standard InChI is InChI=1S/C16H28N4O2S/c1-5-23(21,22)19-12-6-11-18-16(17-3)20(4)13-15-9-7-14(2)8-10-15/h7-10,19H,5-6,11-13H2,1-4H3,(H,17,18). The van der Waals surface area contributed by atoms with E-state index in [4.69, 9.17) is 0 Å². The molecule has 0 aliphatic carbocycles. The molecule has 2 N–H and O–H groups in total. The molecule has 0 unspecified atom stereocenters. The third-order valence-electron chi connectivity index (χ3n) is 3.45. The van der Waals surface area contributed by atoms with Gasteiger partial charge in [-0.3, -0.25) is 4.99 Å². The molecular formula is C16H28N4O2S. The predicted molar refractivity (Wildman–Crippen MR) is 96.1 cm³/mol. The van der Waals surface area contributed by atoms with Gasteiger partial charge in [-0.1, -0.05) is 29.8 Å². The van der Waals surface area contributed by atoms with Crippen LogP contribution in [0.4, 0.5) is 0 Å². The molecule has 1 aromatic rings. The SMILES string of the molecule is CCS(=O)(=O)NCCCNC(=NC)N(C)Cc1ccc(C)cc1. The van der Waals surface area contributed by atoms with Crippen LogP contribution in [-0.2, 0) is 16.6 Å². The maximum atomic E-state index is 11.3. The highest BCUT2D eigenvalue weighted by molar-refractivity contribution is 7.89. The summed E-state index contributed by atoms with van der Waals surface area (Å²) >= 11 is 0. The van der Waals surface area contributed by atoms with Crippen molar-refractivity contribution in [2.75, 3.05) is 32.9 Å². The lowest BCUT2D eigenvalue weighted by molar-refractivity contribution is 0.475. The van der Waals surface area contributed by atoms with Crippen molar-refractivity contribution in [3.05, 3.63) is 35.4 Å². The normalized spacial score (nSPS) is 12.3. The molecule has 130 valence electrons. The first-order chi connectivity index (χ1) is 10.9. The van der Waals surface area contributed by atoms with Gasteiger partial charge in [0.1, 0.15) is 0 Å². The molecule has 1 rings (SSSR count). The molecular weight excluding hydrogens is 312 g/mol. The van der Waals surface area contributed by atoms with Crippen LogP contribution in [0.2, 0.25) is 0 Å². The molecule has 6 nitrogen and oxygen atoms in total. The predicted octanol–water partition coefficient (Wildman–Crippen LogP) is 1.33. The van der Waals surface area contributed by atoms with Crippen LogP contribution in [0.1, 0.15) is 24.5 Å². The Bertz CT molecular complexity index is 597. The van der Waals surface area contributed by atoms with Gasteiger partial charge < -0.3 is 10.2 Å². The van der Waals surface area contributed by atoms with Gasteiger partial charge in [0.2, 0.25) is 10.0 Å². The number of aliphatic imine (C=N–C) groups is 1. The molecule has 23 heavy (non-hydrogen) atoms. The van der Waals surface area contributed by atoms with Crippen molar-refractivity contribution < 1.29 is 8.42 Å². The van der Waals surface area contributed by atoms with E-state index >= 15 is 0 Å². The maximum absolute atomic E-state index is 11.3. The van der Waals surface area contributed by atoms with Gasteiger partial charge in [0.25, 0.3) is 0 Å². The molecule has 0 bridgehead atoms. The van der Waals surface area contributed by atoms with Crippen LogP contribution in [0.25, 0.3) is 0 Å². The van der Waals surface area contributed by atoms with Gasteiger partial charge in [-0.25, -0.2) is 13.1 Å². The summed E-state index contributed by atoms with van der Waals surface area (Å²) in [5.74, 6) is 0.908. The first-order valence-electron chi connectivity index (χ1n) is 7.82. The molecule has 0 aromatic heterocycles. The van der Waals surface area contributed by atoms with Gasteiger partial charge in [0, 0.05) is 33.7 Å². The van der Waals surface area contributed by atoms with Crippen LogP contribution < -0.4 is 10.0 Å². The van der Waals surface area contributed by atoms with Crippen molar-refractivity contribution in [3.8, 4) is 0 Å². The molecule has 0 heterocycles. The number of hydrogen-bond acceptors (Lipinski definition) is 3. The number of guanidine groups is 1. The number of rotatable bonds is 8. The van der Waals surface area contributed by atoms with E-state index in [1.54, 1.807) is 14.0 Å². The number of nitrogens with one attached hydrogen (secondary N) is 2. The summed E-state index contributed by atoms with van der Waals surface area (Å²) in [5.41, 5.74) is 2.46. The third-order valence-corrected chi connectivity index (χ3v) is 4.86. The smallest absolute Gasteiger partial charge is 0.211 e. The number of benzene rings is 1. The highest BCUT2D eigenvalue weighted by Crippen LogP contribution is 2.05. The largest absolute Gasteiger partial charge is 0.356 e. The van der Waals surface area contributed by atoms with Crippen molar-refractivity contribution >= 4 is 16.0 Å². The van der Waals surface area contributed by atoms with Gasteiger partial charge in [-0.2, -0.15) is 0 Å². The van der Waals surface area contributed by atoms with E-state index in [0.717, 1.165) is 12.5 Å². The second-order valence-corrected chi connectivity index (χ2v) is 7.56. The highest BCUT2D eigenvalue weighted by atomic mass is 32.2. The minimum absolute atomic E-state index is 0.112. The van der Waals surface area contributed by atoms with Crippen molar-refractivity contribution in [1.82, 2.24) is 14.9 Å². The zero-order chi connectivity index (χ0) is 17.3. The summed E-state index contributed by atoms with van der Waals surface area (Å²) in [6.07, 6.45) is 0.705. The molecule has 0 spiro atoms. The molecule has 1 aromatic carbocycles. The highest BCUT2D eigenvalue weighted by Gasteiger charge is 2.07. The van der Waals surface area contributed by atoms with E-state index in [0.29, 0.717) is 19.5 Å². The maximum Gasteiger partial charge on any atom is 0.211 e. The zero-order valence-corrected chi connectivity index (χ0v) is 15.3. The lowest BCUT2D eigenvalue weighted by Crippen LogP contribution is -2.39. The monoisotopic (exact) mass is 340 g/mol. The Morgan fingerprint density at radius 3 is 2.43 bits per heavy atom. The van der Waals surface area contributed by atoms with Crippen LogP contribution in [0.5, 0.6) is 0 Å². The Labute approximate surface area is 140 Å². The summed E-state index contributed by atoms with van der Waals surface area (Å²) in [7, 11) is 0.620. The number of hydrogen-bond donors (Lipinski definition) is 2. The lowest BCUT2D eigenvalue weighted by atomic mass is 10.1. The van der Waals surface area contributed by atoms with E-state index in [1.807, 2.05) is 11.9 Å². The van der Waals surface area contributed by atoms with Crippen molar-refractivity contribution in [1.29, 1.82) is 0 Å². The number of aryl methyl sites for hydroxylation is 1. The Balaban J connectivity index is 2.37. The zero-order valence-electron chi connectivity index (χ0n) is 14.5. The van der Waals surface area contributed by atoms with Gasteiger partial charge >= 0.3 is 0 Å². The van der Waals surface area contributed by atoms with Crippen LogP contribution >= 0.6 is 0 Å². The van der Waals surface area contributed by atoms with E-state index in [1.165, 1.54) is 11.1 Å². The minimum atomic E-state index is -3.10. The summed E-state index contributed by atoms with van der Waals surface area (Å²) in [5, 5.41) is 3.25. The van der Waals surface area contributed by atoms with Crippen LogP contribution in [0, 0.1) is 6.92 Å². The van der Waals surface area contributed by atoms with E-state index in [9.17, 15) is 8.42 Å². The summed E-state index contributed by atoms with van der Waals surface area (Å²) in [6, 6.07) is 8.41. The van der Waals surface area contributed by atoms with Crippen LogP contribution in [-0.4, -0.2) is 52.2 Å². The van der Waals surface area contributed by atoms with Crippen LogP contribution in [0.15, 0.2) is 29.3 Å². The summed E-state index contributed by atoms with van der Waals surface area (Å²) in [4.78, 5) is 6.30. The quantitative estimate of drug-likeness (QED) is 0.425. The van der Waals surface area contributed by atoms with Gasteiger partial charge in [0.05, 0.1) is 5.75 Å². The van der Waals surface area contributed by atoms with Gasteiger partial charge in [-0.15, -0.1) is 0 Å². The fourth-order valence-electron chi connectivity index (χ4n) is 2.05. The second kappa shape index (κ2) is 9.52. The molecule has 0 aliphatic rings. The second-order valence-electron chi connectivity index (χ2n) is 5.47. The molecule has 0 fully saturated rings. The molecule has 0 amide bonds. The van der Waals surface area contributed by atoms with Crippen molar-refractivity contribution in [3.63, 3.8) is 0 Å². The van der Waals surface area contributed by atoms with Gasteiger partial charge in [-0.05, 0) is 25.8 Å². The summed E-state index contributed by atoms with van der Waals surface area (Å²) in [6.45, 7) is 5.56. The summed E-state index contributed by atoms with van der Waals surface area (Å²) < 4.78 is 25.2. The Kier molecular flexibility index (Phi) is 8.05. The fourth-order valence-corrected chi connectivity index (χ4v) is 2.70. The number of sulfonamides is 1. The van der Waals surface area contributed by atoms with E-state index in [-0.39, 0.29) is 5.75 Å². The fraction of sp³-hybridized carbons (Fsp3) is 0.562. The van der Waals surface area contributed by atoms with Crippen molar-refractivity contribution in [2.45, 2.75) is 26.8 Å².